The minimum atomic E-state index is -0.933. The number of hydrogen-bond acceptors (Lipinski definition) is 7. The van der Waals surface area contributed by atoms with E-state index in [-0.39, 0.29) is 64.9 Å². The standard InChI is InChI=1S/C42H62N4O6/c1-25(2)36-30(47)19-42(33(48)22-45(20-26-9-10-26)34(49)24-52-8)18-17-40(6)28(37(36)42)11-12-32-39(5)15-13-27(29-21-46(44-43-29)23-35(50)51)38(3,4)31(39)14-16-41(32,40)7/h13,21,25-26,28,31-33,48H,9-12,14-20,22-24H2,1-8H3,(H,50,51)/t28-,31+,32-,33+,39+,40-,41-,42+/m1/s1. The van der Waals surface area contributed by atoms with E-state index in [1.807, 2.05) is 4.90 Å². The molecule has 1 aromatic rings. The molecule has 8 atom stereocenters. The summed E-state index contributed by atoms with van der Waals surface area (Å²) in [5, 5.41) is 30.3. The number of carbonyl (C=O) groups excluding carboxylic acids is 2. The second-order valence-corrected chi connectivity index (χ2v) is 19.3. The van der Waals surface area contributed by atoms with Gasteiger partial charge in [-0.25, -0.2) is 4.68 Å². The number of aliphatic hydroxyl groups excluding tert-OH is 1. The van der Waals surface area contributed by atoms with E-state index < -0.39 is 17.5 Å². The average Bonchev–Trinajstić information content (AvgIpc) is 3.67. The van der Waals surface area contributed by atoms with E-state index in [1.54, 1.807) is 13.3 Å². The van der Waals surface area contributed by atoms with Crippen molar-refractivity contribution in [3.05, 3.63) is 29.1 Å². The molecule has 0 aliphatic heterocycles. The Morgan fingerprint density at radius 3 is 2.40 bits per heavy atom. The molecule has 286 valence electrons. The van der Waals surface area contributed by atoms with Crippen molar-refractivity contribution in [3.8, 4) is 0 Å². The van der Waals surface area contributed by atoms with Crippen LogP contribution in [-0.2, 0) is 25.7 Å². The number of methoxy groups -OCH3 is 1. The second-order valence-electron chi connectivity index (χ2n) is 19.3. The molecule has 10 heteroatoms. The van der Waals surface area contributed by atoms with Crippen LogP contribution in [0.3, 0.4) is 0 Å². The number of rotatable bonds is 11. The molecule has 6 aliphatic rings. The number of ketones is 1. The van der Waals surface area contributed by atoms with Crippen molar-refractivity contribution in [2.45, 2.75) is 125 Å². The van der Waals surface area contributed by atoms with Gasteiger partial charge in [0.15, 0.2) is 5.78 Å². The number of amides is 1. The summed E-state index contributed by atoms with van der Waals surface area (Å²) in [5.74, 6) is 0.856. The molecule has 0 bridgehead atoms. The summed E-state index contributed by atoms with van der Waals surface area (Å²) in [7, 11) is 1.54. The van der Waals surface area contributed by atoms with Gasteiger partial charge < -0.3 is 19.8 Å². The summed E-state index contributed by atoms with van der Waals surface area (Å²) >= 11 is 0. The van der Waals surface area contributed by atoms with Gasteiger partial charge in [0.1, 0.15) is 18.8 Å². The first-order chi connectivity index (χ1) is 24.4. The average molecular weight is 719 g/mol. The third-order valence-corrected chi connectivity index (χ3v) is 16.0. The molecule has 1 heterocycles. The zero-order chi connectivity index (χ0) is 37.6. The molecule has 10 nitrogen and oxygen atoms in total. The van der Waals surface area contributed by atoms with Crippen molar-refractivity contribution in [1.29, 1.82) is 0 Å². The maximum absolute atomic E-state index is 14.1. The lowest BCUT2D eigenvalue weighted by Crippen LogP contribution is -2.64. The SMILES string of the molecule is COCC(=O)N(CC1CC1)C[C@H](O)[C@@]12CC[C@]3(C)[C@H](CC[C@@H]4[C@@]5(C)CC=C(c6cn(CC(=O)O)nn6)C(C)(C)[C@@H]5CC[C@]43C)C1=C(C(C)C)C(=O)C2. The number of aliphatic carboxylic acids is 1. The zero-order valence-corrected chi connectivity index (χ0v) is 32.8. The van der Waals surface area contributed by atoms with E-state index in [0.717, 1.165) is 69.1 Å². The smallest absolute Gasteiger partial charge is 0.325 e. The van der Waals surface area contributed by atoms with Gasteiger partial charge in [-0.15, -0.1) is 5.10 Å². The van der Waals surface area contributed by atoms with E-state index in [2.05, 4.69) is 64.9 Å². The highest BCUT2D eigenvalue weighted by molar-refractivity contribution is 6.00. The number of carboxylic acids is 1. The Labute approximate surface area is 309 Å². The number of Topliss-reactive ketones (excluding diaryl/α,β-unsaturated/α-hetero) is 1. The lowest BCUT2D eigenvalue weighted by atomic mass is 9.33. The molecule has 1 aromatic heterocycles. The van der Waals surface area contributed by atoms with Crippen LogP contribution in [0.5, 0.6) is 0 Å². The van der Waals surface area contributed by atoms with Gasteiger partial charge in [-0.2, -0.15) is 0 Å². The molecule has 0 spiro atoms. The minimum absolute atomic E-state index is 0.00384. The number of aliphatic hydroxyl groups is 1. The van der Waals surface area contributed by atoms with Crippen molar-refractivity contribution in [2.75, 3.05) is 26.8 Å². The molecular formula is C42H62N4O6. The molecule has 4 saturated carbocycles. The highest BCUT2D eigenvalue weighted by atomic mass is 16.5. The van der Waals surface area contributed by atoms with Crippen molar-refractivity contribution in [2.24, 2.45) is 56.7 Å². The first kappa shape index (κ1) is 37.5. The summed E-state index contributed by atoms with van der Waals surface area (Å²) in [4.78, 5) is 40.6. The molecule has 0 unspecified atom stereocenters. The number of carboxylic acid groups (broad SMARTS) is 1. The minimum Gasteiger partial charge on any atom is -0.480 e. The van der Waals surface area contributed by atoms with Crippen LogP contribution in [0.1, 0.15) is 118 Å². The topological polar surface area (TPSA) is 135 Å². The Balaban J connectivity index is 1.22. The Hall–Kier alpha value is -2.85. The number of carbonyl (C=O) groups is 3. The van der Waals surface area contributed by atoms with Gasteiger partial charge in [-0.3, -0.25) is 14.4 Å². The first-order valence-corrected chi connectivity index (χ1v) is 20.0. The maximum Gasteiger partial charge on any atom is 0.325 e. The predicted molar refractivity (Wildman–Crippen MR) is 198 cm³/mol. The van der Waals surface area contributed by atoms with Gasteiger partial charge in [-0.1, -0.05) is 65.3 Å². The summed E-state index contributed by atoms with van der Waals surface area (Å²) < 4.78 is 6.66. The van der Waals surface area contributed by atoms with Gasteiger partial charge >= 0.3 is 5.97 Å². The quantitative estimate of drug-likeness (QED) is 0.262. The molecule has 6 aliphatic carbocycles. The molecule has 7 rings (SSSR count). The summed E-state index contributed by atoms with van der Waals surface area (Å²) in [6.45, 7) is 17.3. The third kappa shape index (κ3) is 5.58. The van der Waals surface area contributed by atoms with Gasteiger partial charge in [0.25, 0.3) is 0 Å². The molecular weight excluding hydrogens is 656 g/mol. The molecule has 0 radical (unpaired) electrons. The third-order valence-electron chi connectivity index (χ3n) is 16.0. The van der Waals surface area contributed by atoms with Gasteiger partial charge in [0.05, 0.1) is 12.3 Å². The van der Waals surface area contributed by atoms with Crippen molar-refractivity contribution in [1.82, 2.24) is 19.9 Å². The van der Waals surface area contributed by atoms with E-state index in [4.69, 9.17) is 4.74 Å². The van der Waals surface area contributed by atoms with Gasteiger partial charge in [0, 0.05) is 32.0 Å². The van der Waals surface area contributed by atoms with E-state index in [1.165, 1.54) is 15.8 Å². The van der Waals surface area contributed by atoms with E-state index in [9.17, 15) is 24.6 Å². The van der Waals surface area contributed by atoms with Crippen molar-refractivity contribution in [3.63, 3.8) is 0 Å². The van der Waals surface area contributed by atoms with Gasteiger partial charge in [-0.05, 0) is 120 Å². The monoisotopic (exact) mass is 718 g/mol. The molecule has 4 fully saturated rings. The summed E-state index contributed by atoms with van der Waals surface area (Å²) in [5.41, 5.74) is 3.39. The molecule has 0 aromatic carbocycles. The van der Waals surface area contributed by atoms with E-state index >= 15 is 0 Å². The molecule has 0 saturated heterocycles. The van der Waals surface area contributed by atoms with Crippen LogP contribution in [0.2, 0.25) is 0 Å². The van der Waals surface area contributed by atoms with E-state index in [0.29, 0.717) is 30.7 Å². The van der Waals surface area contributed by atoms with Crippen molar-refractivity contribution < 1.29 is 29.3 Å². The Morgan fingerprint density at radius 2 is 1.75 bits per heavy atom. The van der Waals surface area contributed by atoms with Crippen LogP contribution < -0.4 is 0 Å². The second kappa shape index (κ2) is 12.9. The fraction of sp³-hybridized carbons (Fsp3) is 0.786. The van der Waals surface area contributed by atoms with Crippen LogP contribution in [0, 0.1) is 56.7 Å². The highest BCUT2D eigenvalue weighted by Crippen LogP contribution is 2.77. The fourth-order valence-corrected chi connectivity index (χ4v) is 13.3. The number of ether oxygens (including phenoxy) is 1. The molecule has 2 N–H and O–H groups in total. The number of fused-ring (bicyclic) bond motifs is 7. The molecule has 1 amide bonds. The first-order valence-electron chi connectivity index (χ1n) is 20.0. The van der Waals surface area contributed by atoms with Crippen LogP contribution in [0.25, 0.3) is 5.57 Å². The number of nitrogens with zero attached hydrogens (tertiary/aromatic N) is 4. The highest BCUT2D eigenvalue weighted by Gasteiger charge is 2.70. The Bertz CT molecular complexity index is 1690. The lowest BCUT2D eigenvalue weighted by Gasteiger charge is -2.71. The number of aromatic nitrogens is 3. The van der Waals surface area contributed by atoms with Crippen LogP contribution >= 0.6 is 0 Å². The normalized spacial score (nSPS) is 37.2. The zero-order valence-electron chi connectivity index (χ0n) is 32.8. The van der Waals surface area contributed by atoms with Gasteiger partial charge in [0.2, 0.25) is 5.91 Å². The Kier molecular flexibility index (Phi) is 9.28. The number of allylic oxidation sites excluding steroid dienone is 3. The van der Waals surface area contributed by atoms with Crippen LogP contribution in [0.4, 0.5) is 0 Å². The lowest BCUT2D eigenvalue weighted by molar-refractivity contribution is -0.200. The number of hydrogen-bond donors (Lipinski definition) is 2. The maximum atomic E-state index is 14.1. The predicted octanol–water partition coefficient (Wildman–Crippen LogP) is 6.58. The van der Waals surface area contributed by atoms with Crippen LogP contribution in [-0.4, -0.2) is 80.7 Å². The largest absolute Gasteiger partial charge is 0.480 e. The van der Waals surface area contributed by atoms with Crippen molar-refractivity contribution >= 4 is 23.2 Å². The van der Waals surface area contributed by atoms with Crippen LogP contribution in [0.15, 0.2) is 23.4 Å². The Morgan fingerprint density at radius 1 is 1.02 bits per heavy atom. The molecule has 52 heavy (non-hydrogen) atoms. The summed E-state index contributed by atoms with van der Waals surface area (Å²) in [6.07, 6.45) is 12.8. The fourth-order valence-electron chi connectivity index (χ4n) is 13.3. The summed E-state index contributed by atoms with van der Waals surface area (Å²) in [6, 6.07) is 0.